The van der Waals surface area contributed by atoms with Crippen molar-refractivity contribution >= 4 is 29.9 Å². The van der Waals surface area contributed by atoms with Gasteiger partial charge in [-0.1, -0.05) is 11.6 Å². The molecule has 0 spiro atoms. The quantitative estimate of drug-likeness (QED) is 0.894. The van der Waals surface area contributed by atoms with E-state index in [9.17, 15) is 4.79 Å². The molecule has 2 fully saturated rings. The molecule has 0 aliphatic carbocycles. The highest BCUT2D eigenvalue weighted by Crippen LogP contribution is 2.25. The van der Waals surface area contributed by atoms with Gasteiger partial charge in [-0.3, -0.25) is 9.69 Å². The molecular weight excluding hydrogens is 337 g/mol. The molecule has 2 aliphatic heterocycles. The van der Waals surface area contributed by atoms with E-state index in [1.165, 1.54) is 6.42 Å². The SMILES string of the molecule is COc1ccc(Cl)cc1C(=O)N1CCN(C2CCNC2)CC1.Cl. The third-order valence-electron chi connectivity index (χ3n) is 4.54. The lowest BCUT2D eigenvalue weighted by Crippen LogP contribution is -2.52. The minimum absolute atomic E-state index is 0. The van der Waals surface area contributed by atoms with Crippen LogP contribution in [-0.4, -0.2) is 68.1 Å². The molecule has 7 heteroatoms. The average Bonchev–Trinajstić information content (AvgIpc) is 3.09. The molecule has 23 heavy (non-hydrogen) atoms. The van der Waals surface area contributed by atoms with E-state index in [1.54, 1.807) is 25.3 Å². The second-order valence-electron chi connectivity index (χ2n) is 5.82. The largest absolute Gasteiger partial charge is 0.496 e. The van der Waals surface area contributed by atoms with Gasteiger partial charge in [0, 0.05) is 43.8 Å². The number of benzene rings is 1. The molecule has 1 amide bonds. The Kier molecular flexibility index (Phi) is 6.53. The van der Waals surface area contributed by atoms with Crippen LogP contribution in [0.25, 0.3) is 0 Å². The van der Waals surface area contributed by atoms with Crippen LogP contribution in [-0.2, 0) is 0 Å². The Hall–Kier alpha value is -1.01. The Labute approximate surface area is 148 Å². The zero-order chi connectivity index (χ0) is 15.5. The Morgan fingerprint density at radius 1 is 1.30 bits per heavy atom. The van der Waals surface area contributed by atoms with Gasteiger partial charge in [0.2, 0.25) is 0 Å². The van der Waals surface area contributed by atoms with Gasteiger partial charge in [0.05, 0.1) is 12.7 Å². The summed E-state index contributed by atoms with van der Waals surface area (Å²) in [5.41, 5.74) is 0.547. The van der Waals surface area contributed by atoms with Crippen LogP contribution in [0.5, 0.6) is 5.75 Å². The smallest absolute Gasteiger partial charge is 0.257 e. The number of amides is 1. The lowest BCUT2D eigenvalue weighted by molar-refractivity contribution is 0.0581. The van der Waals surface area contributed by atoms with E-state index in [4.69, 9.17) is 16.3 Å². The Bertz CT molecular complexity index is 542. The standard InChI is InChI=1S/C16H22ClN3O2.ClH/c1-22-15-3-2-12(17)10-14(15)16(21)20-8-6-19(7-9-20)13-4-5-18-11-13;/h2-3,10,13,18H,4-9,11H2,1H3;1H. The second kappa shape index (κ2) is 8.20. The average molecular weight is 360 g/mol. The van der Waals surface area contributed by atoms with Gasteiger partial charge in [-0.25, -0.2) is 0 Å². The molecule has 2 aliphatic rings. The van der Waals surface area contributed by atoms with E-state index in [0.717, 1.165) is 39.3 Å². The number of ether oxygens (including phenoxy) is 1. The topological polar surface area (TPSA) is 44.8 Å². The van der Waals surface area contributed by atoms with E-state index in [1.807, 2.05) is 4.90 Å². The van der Waals surface area contributed by atoms with Crippen LogP contribution in [0.1, 0.15) is 16.8 Å². The fraction of sp³-hybridized carbons (Fsp3) is 0.562. The number of nitrogens with one attached hydrogen (secondary N) is 1. The minimum Gasteiger partial charge on any atom is -0.496 e. The van der Waals surface area contributed by atoms with Crippen molar-refractivity contribution in [1.29, 1.82) is 0 Å². The maximum Gasteiger partial charge on any atom is 0.257 e. The number of rotatable bonds is 3. The first-order valence-electron chi connectivity index (χ1n) is 7.76. The van der Waals surface area contributed by atoms with Gasteiger partial charge in [0.25, 0.3) is 5.91 Å². The molecular formula is C16H23Cl2N3O2. The van der Waals surface area contributed by atoms with E-state index in [2.05, 4.69) is 10.2 Å². The number of hydrogen-bond acceptors (Lipinski definition) is 4. The molecule has 0 aromatic heterocycles. The number of methoxy groups -OCH3 is 1. The Balaban J connectivity index is 0.00000192. The summed E-state index contributed by atoms with van der Waals surface area (Å²) >= 11 is 6.02. The monoisotopic (exact) mass is 359 g/mol. The van der Waals surface area contributed by atoms with Crippen LogP contribution >= 0.6 is 24.0 Å². The van der Waals surface area contributed by atoms with Crippen molar-refractivity contribution in [2.24, 2.45) is 0 Å². The van der Waals surface area contributed by atoms with Gasteiger partial charge in [-0.05, 0) is 31.2 Å². The van der Waals surface area contributed by atoms with Crippen molar-refractivity contribution < 1.29 is 9.53 Å². The molecule has 1 aromatic carbocycles. The molecule has 5 nitrogen and oxygen atoms in total. The summed E-state index contributed by atoms with van der Waals surface area (Å²) < 4.78 is 5.29. The molecule has 0 saturated carbocycles. The molecule has 0 bridgehead atoms. The molecule has 2 heterocycles. The highest BCUT2D eigenvalue weighted by atomic mass is 35.5. The molecule has 1 N–H and O–H groups in total. The van der Waals surface area contributed by atoms with Crippen molar-refractivity contribution in [3.8, 4) is 5.75 Å². The first-order valence-corrected chi connectivity index (χ1v) is 8.14. The van der Waals surface area contributed by atoms with E-state index < -0.39 is 0 Å². The second-order valence-corrected chi connectivity index (χ2v) is 6.26. The van der Waals surface area contributed by atoms with Gasteiger partial charge < -0.3 is 15.0 Å². The number of halogens is 2. The molecule has 2 saturated heterocycles. The van der Waals surface area contributed by atoms with Crippen molar-refractivity contribution in [2.75, 3.05) is 46.4 Å². The normalized spacial score (nSPS) is 21.8. The van der Waals surface area contributed by atoms with Crippen molar-refractivity contribution in [3.63, 3.8) is 0 Å². The summed E-state index contributed by atoms with van der Waals surface area (Å²) in [7, 11) is 1.57. The van der Waals surface area contributed by atoms with Crippen LogP contribution in [0, 0.1) is 0 Å². The first-order chi connectivity index (χ1) is 10.7. The maximum atomic E-state index is 12.7. The van der Waals surface area contributed by atoms with E-state index >= 15 is 0 Å². The lowest BCUT2D eigenvalue weighted by Gasteiger charge is -2.38. The number of carbonyl (C=O) groups excluding carboxylic acids is 1. The Morgan fingerprint density at radius 2 is 2.04 bits per heavy atom. The van der Waals surface area contributed by atoms with Crippen LogP contribution in [0.3, 0.4) is 0 Å². The highest BCUT2D eigenvalue weighted by molar-refractivity contribution is 6.31. The minimum atomic E-state index is 0. The van der Waals surface area contributed by atoms with Gasteiger partial charge >= 0.3 is 0 Å². The molecule has 0 radical (unpaired) electrons. The van der Waals surface area contributed by atoms with E-state index in [-0.39, 0.29) is 18.3 Å². The van der Waals surface area contributed by atoms with E-state index in [0.29, 0.717) is 22.4 Å². The summed E-state index contributed by atoms with van der Waals surface area (Å²) in [5, 5.41) is 3.95. The molecule has 1 atom stereocenters. The predicted molar refractivity (Wildman–Crippen MR) is 94.0 cm³/mol. The Morgan fingerprint density at radius 3 is 2.65 bits per heavy atom. The number of carbonyl (C=O) groups is 1. The zero-order valence-electron chi connectivity index (χ0n) is 13.3. The van der Waals surface area contributed by atoms with Crippen LogP contribution in [0.2, 0.25) is 5.02 Å². The van der Waals surface area contributed by atoms with Crippen LogP contribution in [0.15, 0.2) is 18.2 Å². The summed E-state index contributed by atoms with van der Waals surface area (Å²) in [6, 6.07) is 5.80. The summed E-state index contributed by atoms with van der Waals surface area (Å²) in [6.45, 7) is 5.54. The fourth-order valence-electron chi connectivity index (χ4n) is 3.26. The molecule has 1 aromatic rings. The number of hydrogen-bond donors (Lipinski definition) is 1. The lowest BCUT2D eigenvalue weighted by atomic mass is 10.1. The summed E-state index contributed by atoms with van der Waals surface area (Å²) in [4.78, 5) is 17.1. The van der Waals surface area contributed by atoms with Crippen LogP contribution < -0.4 is 10.1 Å². The van der Waals surface area contributed by atoms with Crippen LogP contribution in [0.4, 0.5) is 0 Å². The summed E-state index contributed by atoms with van der Waals surface area (Å²) in [5.74, 6) is 0.584. The maximum absolute atomic E-state index is 12.7. The van der Waals surface area contributed by atoms with Crippen molar-refractivity contribution in [3.05, 3.63) is 28.8 Å². The van der Waals surface area contributed by atoms with Gasteiger partial charge in [0.1, 0.15) is 5.75 Å². The third-order valence-corrected chi connectivity index (χ3v) is 4.78. The summed E-state index contributed by atoms with van der Waals surface area (Å²) in [6.07, 6.45) is 1.20. The van der Waals surface area contributed by atoms with Gasteiger partial charge in [0.15, 0.2) is 0 Å². The highest BCUT2D eigenvalue weighted by Gasteiger charge is 2.29. The molecule has 3 rings (SSSR count). The first kappa shape index (κ1) is 18.3. The zero-order valence-corrected chi connectivity index (χ0v) is 14.8. The van der Waals surface area contributed by atoms with Crippen molar-refractivity contribution in [2.45, 2.75) is 12.5 Å². The molecule has 1 unspecified atom stereocenters. The fourth-order valence-corrected chi connectivity index (χ4v) is 3.43. The molecule has 128 valence electrons. The van der Waals surface area contributed by atoms with Crippen molar-refractivity contribution in [1.82, 2.24) is 15.1 Å². The number of piperazine rings is 1. The predicted octanol–water partition coefficient (Wildman–Crippen LogP) is 1.89. The third kappa shape index (κ3) is 4.10. The number of nitrogens with zero attached hydrogens (tertiary/aromatic N) is 2. The van der Waals surface area contributed by atoms with Gasteiger partial charge in [-0.2, -0.15) is 0 Å². The van der Waals surface area contributed by atoms with Gasteiger partial charge in [-0.15, -0.1) is 12.4 Å².